The number of carbonyl (C=O) groups is 1. The van der Waals surface area contributed by atoms with E-state index in [-0.39, 0.29) is 5.56 Å². The third-order valence-corrected chi connectivity index (χ3v) is 2.21. The lowest BCUT2D eigenvalue weighted by atomic mass is 10.1. The molecule has 17 heavy (non-hydrogen) atoms. The van der Waals surface area contributed by atoms with Crippen molar-refractivity contribution >= 4 is 11.8 Å². The van der Waals surface area contributed by atoms with Crippen LogP contribution >= 0.6 is 0 Å². The predicted octanol–water partition coefficient (Wildman–Crippen LogP) is 1.79. The van der Waals surface area contributed by atoms with Gasteiger partial charge in [-0.15, -0.1) is 0 Å². The molecule has 0 aliphatic heterocycles. The summed E-state index contributed by atoms with van der Waals surface area (Å²) < 4.78 is 0. The molecule has 2 rings (SSSR count). The monoisotopic (exact) mass is 229 g/mol. The number of aromatic nitrogens is 2. The van der Waals surface area contributed by atoms with Gasteiger partial charge in [0.15, 0.2) is 0 Å². The first-order valence-electron chi connectivity index (χ1n) is 5.08. The molecule has 1 aromatic heterocycles. The van der Waals surface area contributed by atoms with E-state index in [1.54, 1.807) is 36.8 Å². The minimum absolute atomic E-state index is 0.281. The summed E-state index contributed by atoms with van der Waals surface area (Å²) in [6, 6.07) is 6.77. The molecule has 0 radical (unpaired) electrons. The van der Waals surface area contributed by atoms with E-state index in [4.69, 9.17) is 5.11 Å². The molecule has 5 nitrogen and oxygen atoms in total. The SMILES string of the molecule is O=C(O)c1cccc(CNc2cnccn2)c1. The lowest BCUT2D eigenvalue weighted by Gasteiger charge is -2.05. The van der Waals surface area contributed by atoms with Gasteiger partial charge < -0.3 is 10.4 Å². The number of carboxylic acid groups (broad SMARTS) is 1. The van der Waals surface area contributed by atoms with Crippen molar-refractivity contribution in [3.8, 4) is 0 Å². The summed E-state index contributed by atoms with van der Waals surface area (Å²) in [6.45, 7) is 0.514. The number of nitrogens with one attached hydrogen (secondary N) is 1. The van der Waals surface area contributed by atoms with Crippen LogP contribution in [-0.2, 0) is 6.54 Å². The molecule has 0 aliphatic rings. The van der Waals surface area contributed by atoms with Gasteiger partial charge in [-0.1, -0.05) is 12.1 Å². The van der Waals surface area contributed by atoms with Gasteiger partial charge >= 0.3 is 5.97 Å². The van der Waals surface area contributed by atoms with E-state index in [9.17, 15) is 4.79 Å². The van der Waals surface area contributed by atoms with Crippen LogP contribution in [0.1, 0.15) is 15.9 Å². The van der Waals surface area contributed by atoms with Gasteiger partial charge in [0.2, 0.25) is 0 Å². The second-order valence-electron chi connectivity index (χ2n) is 3.45. The van der Waals surface area contributed by atoms with Gasteiger partial charge in [0, 0.05) is 18.9 Å². The first-order valence-corrected chi connectivity index (χ1v) is 5.08. The first kappa shape index (κ1) is 11.1. The first-order chi connectivity index (χ1) is 8.25. The normalized spacial score (nSPS) is 9.88. The summed E-state index contributed by atoms with van der Waals surface area (Å²) in [4.78, 5) is 18.8. The highest BCUT2D eigenvalue weighted by Crippen LogP contribution is 2.07. The molecule has 0 saturated heterocycles. The van der Waals surface area contributed by atoms with Crippen LogP contribution in [0.25, 0.3) is 0 Å². The summed E-state index contributed by atoms with van der Waals surface area (Å²) in [5.74, 6) is -0.264. The van der Waals surface area contributed by atoms with Crippen LogP contribution in [0.4, 0.5) is 5.82 Å². The van der Waals surface area contributed by atoms with Crippen molar-refractivity contribution in [2.24, 2.45) is 0 Å². The summed E-state index contributed by atoms with van der Waals surface area (Å²) in [7, 11) is 0. The fourth-order valence-electron chi connectivity index (χ4n) is 1.40. The lowest BCUT2D eigenvalue weighted by Crippen LogP contribution is -2.03. The number of hydrogen-bond acceptors (Lipinski definition) is 4. The average Bonchev–Trinajstić information content (AvgIpc) is 2.38. The molecule has 5 heteroatoms. The Morgan fingerprint density at radius 2 is 2.24 bits per heavy atom. The fraction of sp³-hybridized carbons (Fsp3) is 0.0833. The molecule has 2 aromatic rings. The second-order valence-corrected chi connectivity index (χ2v) is 3.45. The van der Waals surface area contributed by atoms with Crippen molar-refractivity contribution in [3.63, 3.8) is 0 Å². The maximum Gasteiger partial charge on any atom is 0.335 e. The Bertz CT molecular complexity index is 514. The Hall–Kier alpha value is -2.43. The molecular formula is C12H11N3O2. The van der Waals surface area contributed by atoms with E-state index >= 15 is 0 Å². The Labute approximate surface area is 98.2 Å². The Morgan fingerprint density at radius 1 is 1.35 bits per heavy atom. The zero-order chi connectivity index (χ0) is 12.1. The van der Waals surface area contributed by atoms with Gasteiger partial charge in [-0.05, 0) is 17.7 Å². The molecule has 0 aliphatic carbocycles. The zero-order valence-electron chi connectivity index (χ0n) is 9.00. The number of carboxylic acids is 1. The van der Waals surface area contributed by atoms with Crippen molar-refractivity contribution in [2.75, 3.05) is 5.32 Å². The summed E-state index contributed by atoms with van der Waals surface area (Å²) in [5.41, 5.74) is 1.17. The molecule has 0 fully saturated rings. The fourth-order valence-corrected chi connectivity index (χ4v) is 1.40. The molecule has 0 bridgehead atoms. The van der Waals surface area contributed by atoms with Crippen LogP contribution in [-0.4, -0.2) is 21.0 Å². The van der Waals surface area contributed by atoms with E-state index in [2.05, 4.69) is 15.3 Å². The Balaban J connectivity index is 2.04. The predicted molar refractivity (Wildman–Crippen MR) is 62.8 cm³/mol. The van der Waals surface area contributed by atoms with Crippen LogP contribution in [0.15, 0.2) is 42.9 Å². The van der Waals surface area contributed by atoms with Crippen molar-refractivity contribution in [1.29, 1.82) is 0 Å². The molecule has 2 N–H and O–H groups in total. The van der Waals surface area contributed by atoms with Gasteiger partial charge in [-0.3, -0.25) is 4.98 Å². The molecule has 86 valence electrons. The molecular weight excluding hydrogens is 218 g/mol. The molecule has 1 heterocycles. The average molecular weight is 229 g/mol. The molecule has 0 spiro atoms. The summed E-state index contributed by atoms with van der Waals surface area (Å²) in [6.07, 6.45) is 4.80. The van der Waals surface area contributed by atoms with E-state index in [1.165, 1.54) is 0 Å². The second kappa shape index (κ2) is 5.07. The van der Waals surface area contributed by atoms with Crippen LogP contribution in [0, 0.1) is 0 Å². The molecule has 0 amide bonds. The summed E-state index contributed by atoms with van der Waals surface area (Å²) >= 11 is 0. The van der Waals surface area contributed by atoms with Gasteiger partial charge in [-0.2, -0.15) is 0 Å². The van der Waals surface area contributed by atoms with Crippen molar-refractivity contribution in [3.05, 3.63) is 54.0 Å². The molecule has 0 saturated carbocycles. The number of rotatable bonds is 4. The minimum Gasteiger partial charge on any atom is -0.478 e. The Kier molecular flexibility index (Phi) is 3.30. The highest BCUT2D eigenvalue weighted by molar-refractivity contribution is 5.87. The summed E-state index contributed by atoms with van der Waals surface area (Å²) in [5, 5.41) is 11.9. The zero-order valence-corrected chi connectivity index (χ0v) is 9.00. The Morgan fingerprint density at radius 3 is 2.94 bits per heavy atom. The molecule has 1 aromatic carbocycles. The maximum atomic E-state index is 10.8. The van der Waals surface area contributed by atoms with Gasteiger partial charge in [0.1, 0.15) is 5.82 Å². The van der Waals surface area contributed by atoms with Crippen LogP contribution in [0.5, 0.6) is 0 Å². The van der Waals surface area contributed by atoms with E-state index < -0.39 is 5.97 Å². The van der Waals surface area contributed by atoms with Crippen LogP contribution in [0.2, 0.25) is 0 Å². The topological polar surface area (TPSA) is 75.1 Å². The van der Waals surface area contributed by atoms with Gasteiger partial charge in [-0.25, -0.2) is 9.78 Å². The number of nitrogens with zero attached hydrogens (tertiary/aromatic N) is 2. The highest BCUT2D eigenvalue weighted by atomic mass is 16.4. The largest absolute Gasteiger partial charge is 0.478 e. The number of hydrogen-bond donors (Lipinski definition) is 2. The number of benzene rings is 1. The highest BCUT2D eigenvalue weighted by Gasteiger charge is 2.02. The van der Waals surface area contributed by atoms with E-state index in [0.717, 1.165) is 5.56 Å². The van der Waals surface area contributed by atoms with Crippen LogP contribution in [0.3, 0.4) is 0 Å². The molecule has 0 atom stereocenters. The van der Waals surface area contributed by atoms with Gasteiger partial charge in [0.25, 0.3) is 0 Å². The smallest absolute Gasteiger partial charge is 0.335 e. The van der Waals surface area contributed by atoms with Crippen molar-refractivity contribution in [1.82, 2.24) is 9.97 Å². The van der Waals surface area contributed by atoms with E-state index in [0.29, 0.717) is 12.4 Å². The van der Waals surface area contributed by atoms with Crippen LogP contribution < -0.4 is 5.32 Å². The maximum absolute atomic E-state index is 10.8. The molecule has 0 unspecified atom stereocenters. The van der Waals surface area contributed by atoms with E-state index in [1.807, 2.05) is 6.07 Å². The van der Waals surface area contributed by atoms with Crippen molar-refractivity contribution < 1.29 is 9.90 Å². The third kappa shape index (κ3) is 3.01. The number of aromatic carboxylic acids is 1. The number of anilines is 1. The standard InChI is InChI=1S/C12H11N3O2/c16-12(17)10-3-1-2-9(6-10)7-15-11-8-13-4-5-14-11/h1-6,8H,7H2,(H,14,15)(H,16,17). The van der Waals surface area contributed by atoms with Crippen molar-refractivity contribution in [2.45, 2.75) is 6.54 Å². The third-order valence-electron chi connectivity index (χ3n) is 2.21. The minimum atomic E-state index is -0.925. The quantitative estimate of drug-likeness (QED) is 0.835. The van der Waals surface area contributed by atoms with Gasteiger partial charge in [0.05, 0.1) is 11.8 Å². The lowest BCUT2D eigenvalue weighted by molar-refractivity contribution is 0.0697.